The summed E-state index contributed by atoms with van der Waals surface area (Å²) in [6.45, 7) is 0. The fourth-order valence-electron chi connectivity index (χ4n) is 2.66. The van der Waals surface area contributed by atoms with Crippen molar-refractivity contribution in [2.45, 2.75) is 29.4 Å². The second-order valence-corrected chi connectivity index (χ2v) is 6.47. The third-order valence-corrected chi connectivity index (χ3v) is 5.23. The van der Waals surface area contributed by atoms with Crippen LogP contribution in [-0.4, -0.2) is 11.2 Å². The number of hydrogen-bond acceptors (Lipinski definition) is 2. The Morgan fingerprint density at radius 1 is 0.737 bits per heavy atom. The van der Waals surface area contributed by atoms with Crippen molar-refractivity contribution >= 4 is 11.8 Å². The molecule has 0 spiro atoms. The van der Waals surface area contributed by atoms with Crippen molar-refractivity contribution in [2.75, 3.05) is 0 Å². The minimum atomic E-state index is -0.198. The average Bonchev–Trinajstić information content (AvgIpc) is 2.48. The summed E-state index contributed by atoms with van der Waals surface area (Å²) in [5.41, 5.74) is 2.65. The van der Waals surface area contributed by atoms with Gasteiger partial charge in [0.1, 0.15) is 0 Å². The molecule has 0 saturated carbocycles. The lowest BCUT2D eigenvalue weighted by Gasteiger charge is -2.32. The van der Waals surface area contributed by atoms with Crippen molar-refractivity contribution in [3.05, 3.63) is 71.8 Å². The van der Waals surface area contributed by atoms with Crippen LogP contribution in [0.5, 0.6) is 0 Å². The summed E-state index contributed by atoms with van der Waals surface area (Å²) >= 11 is 1.98. The Morgan fingerprint density at radius 3 is 1.58 bits per heavy atom. The number of aliphatic hydroxyl groups excluding tert-OH is 1. The molecule has 1 heterocycles. The molecular weight excluding hydrogens is 252 g/mol. The number of hydrogen-bond donors (Lipinski definition) is 1. The molecule has 2 aromatic carbocycles. The van der Waals surface area contributed by atoms with E-state index in [0.29, 0.717) is 10.5 Å². The highest BCUT2D eigenvalue weighted by molar-refractivity contribution is 7.99. The van der Waals surface area contributed by atoms with Crippen LogP contribution in [0.3, 0.4) is 0 Å². The molecule has 1 N–H and O–H groups in total. The van der Waals surface area contributed by atoms with Crippen molar-refractivity contribution in [2.24, 2.45) is 0 Å². The standard InChI is InChI=1S/C17H18OS/c18-15-11-16(13-7-3-1-4-8-13)19-17(12-15)14-9-5-2-6-10-14/h1-10,15-18H,11-12H2/t15?,16-,17+. The first-order valence-corrected chi connectivity index (χ1v) is 7.70. The molecule has 1 nitrogen and oxygen atoms in total. The van der Waals surface area contributed by atoms with E-state index in [1.807, 2.05) is 23.9 Å². The zero-order valence-corrected chi connectivity index (χ0v) is 11.6. The van der Waals surface area contributed by atoms with Gasteiger partial charge in [0, 0.05) is 10.5 Å². The molecule has 3 atom stereocenters. The minimum absolute atomic E-state index is 0.198. The van der Waals surface area contributed by atoms with Crippen LogP contribution in [0.4, 0.5) is 0 Å². The van der Waals surface area contributed by atoms with Crippen molar-refractivity contribution < 1.29 is 5.11 Å². The Hall–Kier alpha value is -1.25. The van der Waals surface area contributed by atoms with Crippen molar-refractivity contribution in [3.63, 3.8) is 0 Å². The van der Waals surface area contributed by atoms with E-state index in [9.17, 15) is 5.11 Å². The summed E-state index contributed by atoms with van der Waals surface area (Å²) in [6.07, 6.45) is 1.52. The van der Waals surface area contributed by atoms with Gasteiger partial charge >= 0.3 is 0 Å². The number of rotatable bonds is 2. The van der Waals surface area contributed by atoms with Gasteiger partial charge in [-0.3, -0.25) is 0 Å². The molecule has 0 bridgehead atoms. The predicted octanol–water partition coefficient (Wildman–Crippen LogP) is 4.36. The quantitative estimate of drug-likeness (QED) is 0.875. The highest BCUT2D eigenvalue weighted by Gasteiger charge is 2.29. The van der Waals surface area contributed by atoms with Gasteiger partial charge in [-0.05, 0) is 24.0 Å². The Morgan fingerprint density at radius 2 is 1.16 bits per heavy atom. The van der Waals surface area contributed by atoms with Crippen LogP contribution in [-0.2, 0) is 0 Å². The number of aliphatic hydroxyl groups is 1. The van der Waals surface area contributed by atoms with E-state index in [1.165, 1.54) is 11.1 Å². The lowest BCUT2D eigenvalue weighted by molar-refractivity contribution is 0.148. The van der Waals surface area contributed by atoms with Crippen molar-refractivity contribution in [1.82, 2.24) is 0 Å². The summed E-state index contributed by atoms with van der Waals surface area (Å²) in [7, 11) is 0. The SMILES string of the molecule is OC1C[C@@H](c2ccccc2)S[C@@H](c2ccccc2)C1. The Kier molecular flexibility index (Phi) is 3.90. The maximum atomic E-state index is 10.2. The maximum absolute atomic E-state index is 10.2. The van der Waals surface area contributed by atoms with E-state index in [0.717, 1.165) is 12.8 Å². The molecule has 1 saturated heterocycles. The number of benzene rings is 2. The summed E-state index contributed by atoms with van der Waals surface area (Å²) in [4.78, 5) is 0. The molecule has 0 amide bonds. The normalized spacial score (nSPS) is 27.1. The Balaban J connectivity index is 1.82. The first-order valence-electron chi connectivity index (χ1n) is 6.76. The number of thioether (sulfide) groups is 1. The monoisotopic (exact) mass is 270 g/mol. The smallest absolute Gasteiger partial charge is 0.0567 e. The third-order valence-electron chi connectivity index (χ3n) is 3.64. The molecule has 2 aromatic rings. The van der Waals surface area contributed by atoms with Crippen molar-refractivity contribution in [3.8, 4) is 0 Å². The van der Waals surface area contributed by atoms with Crippen LogP contribution >= 0.6 is 11.8 Å². The van der Waals surface area contributed by atoms with E-state index in [4.69, 9.17) is 0 Å². The largest absolute Gasteiger partial charge is 0.393 e. The maximum Gasteiger partial charge on any atom is 0.0567 e. The van der Waals surface area contributed by atoms with Crippen LogP contribution in [0.25, 0.3) is 0 Å². The first kappa shape index (κ1) is 12.8. The zero-order valence-electron chi connectivity index (χ0n) is 10.8. The minimum Gasteiger partial charge on any atom is -0.393 e. The van der Waals surface area contributed by atoms with Gasteiger partial charge in [-0.1, -0.05) is 60.7 Å². The fraction of sp³-hybridized carbons (Fsp3) is 0.294. The molecule has 1 unspecified atom stereocenters. The van der Waals surface area contributed by atoms with Gasteiger partial charge in [-0.15, -0.1) is 11.8 Å². The predicted molar refractivity (Wildman–Crippen MR) is 81.2 cm³/mol. The van der Waals surface area contributed by atoms with Gasteiger partial charge in [-0.25, -0.2) is 0 Å². The molecule has 1 fully saturated rings. The summed E-state index contributed by atoms with van der Waals surface area (Å²) in [5.74, 6) is 0. The molecule has 0 aliphatic carbocycles. The van der Waals surface area contributed by atoms with E-state index < -0.39 is 0 Å². The molecule has 1 aliphatic heterocycles. The van der Waals surface area contributed by atoms with Crippen LogP contribution in [0.2, 0.25) is 0 Å². The van der Waals surface area contributed by atoms with Gasteiger partial charge in [0.05, 0.1) is 6.10 Å². The van der Waals surface area contributed by atoms with Crippen LogP contribution in [0, 0.1) is 0 Å². The van der Waals surface area contributed by atoms with E-state index in [-0.39, 0.29) is 6.10 Å². The fourth-order valence-corrected chi connectivity index (χ4v) is 4.36. The van der Waals surface area contributed by atoms with Gasteiger partial charge in [0.2, 0.25) is 0 Å². The second-order valence-electron chi connectivity index (χ2n) is 5.06. The van der Waals surface area contributed by atoms with E-state index in [1.54, 1.807) is 0 Å². The van der Waals surface area contributed by atoms with Gasteiger partial charge in [-0.2, -0.15) is 0 Å². The van der Waals surface area contributed by atoms with E-state index in [2.05, 4.69) is 48.5 Å². The molecule has 3 rings (SSSR count). The van der Waals surface area contributed by atoms with Gasteiger partial charge < -0.3 is 5.11 Å². The van der Waals surface area contributed by atoms with Crippen LogP contribution in [0.1, 0.15) is 34.5 Å². The molecule has 19 heavy (non-hydrogen) atoms. The molecule has 0 aromatic heterocycles. The Bertz CT molecular complexity index is 464. The second kappa shape index (κ2) is 5.81. The topological polar surface area (TPSA) is 20.2 Å². The molecule has 2 heteroatoms. The van der Waals surface area contributed by atoms with Crippen LogP contribution in [0.15, 0.2) is 60.7 Å². The zero-order chi connectivity index (χ0) is 13.1. The van der Waals surface area contributed by atoms with Gasteiger partial charge in [0.15, 0.2) is 0 Å². The lowest BCUT2D eigenvalue weighted by atomic mass is 9.99. The average molecular weight is 270 g/mol. The molecule has 1 aliphatic rings. The molecule has 0 radical (unpaired) electrons. The van der Waals surface area contributed by atoms with E-state index >= 15 is 0 Å². The third kappa shape index (κ3) is 3.02. The summed E-state index contributed by atoms with van der Waals surface area (Å²) < 4.78 is 0. The summed E-state index contributed by atoms with van der Waals surface area (Å²) in [6, 6.07) is 21.1. The first-order chi connectivity index (χ1) is 9.33. The molecular formula is C17H18OS. The van der Waals surface area contributed by atoms with Crippen LogP contribution < -0.4 is 0 Å². The molecule has 98 valence electrons. The Labute approximate surface area is 118 Å². The highest BCUT2D eigenvalue weighted by atomic mass is 32.2. The van der Waals surface area contributed by atoms with Crippen molar-refractivity contribution in [1.29, 1.82) is 0 Å². The highest BCUT2D eigenvalue weighted by Crippen LogP contribution is 2.49. The lowest BCUT2D eigenvalue weighted by Crippen LogP contribution is -2.20. The summed E-state index contributed by atoms with van der Waals surface area (Å²) in [5, 5.41) is 11.0. The van der Waals surface area contributed by atoms with Gasteiger partial charge in [0.25, 0.3) is 0 Å².